The number of imide groups is 2. The third kappa shape index (κ3) is 6.80. The fourth-order valence-electron chi connectivity index (χ4n) is 2.50. The zero-order valence-electron chi connectivity index (χ0n) is 13.9. The molecular formula is C16H24N4O4. The molecule has 8 nitrogen and oxygen atoms in total. The summed E-state index contributed by atoms with van der Waals surface area (Å²) in [6, 6.07) is -0.420. The van der Waals surface area contributed by atoms with E-state index in [4.69, 9.17) is 5.26 Å². The molecule has 0 saturated carbocycles. The van der Waals surface area contributed by atoms with Gasteiger partial charge in [0.05, 0.1) is 6.54 Å². The van der Waals surface area contributed by atoms with Crippen LogP contribution in [0.5, 0.6) is 0 Å². The number of amides is 4. The summed E-state index contributed by atoms with van der Waals surface area (Å²) in [5.74, 6) is 0. The maximum Gasteiger partial charge on any atom is 0.336 e. The third-order valence-electron chi connectivity index (χ3n) is 3.83. The summed E-state index contributed by atoms with van der Waals surface area (Å²) in [5, 5.41) is 8.21. The number of aliphatic imine (C=N–C) groups is 1. The van der Waals surface area contributed by atoms with Gasteiger partial charge in [0.25, 0.3) is 6.26 Å². The Kier molecular flexibility index (Phi) is 9.90. The van der Waals surface area contributed by atoms with Gasteiger partial charge in [0, 0.05) is 13.1 Å². The zero-order chi connectivity index (χ0) is 17.6. The number of ether oxygens (including phenoxy) is 1. The van der Waals surface area contributed by atoms with Gasteiger partial charge in [-0.25, -0.2) is 29.2 Å². The number of nitriles is 1. The van der Waals surface area contributed by atoms with Gasteiger partial charge < -0.3 is 4.74 Å². The van der Waals surface area contributed by atoms with Crippen molar-refractivity contribution in [3.05, 3.63) is 0 Å². The second-order valence-electron chi connectivity index (χ2n) is 5.61. The molecule has 0 bridgehead atoms. The van der Waals surface area contributed by atoms with Crippen molar-refractivity contribution in [1.29, 1.82) is 5.26 Å². The lowest BCUT2D eigenvalue weighted by Gasteiger charge is -2.39. The zero-order valence-corrected chi connectivity index (χ0v) is 13.9. The molecule has 1 aliphatic heterocycles. The van der Waals surface area contributed by atoms with Crippen molar-refractivity contribution in [1.82, 2.24) is 9.80 Å². The predicted molar refractivity (Wildman–Crippen MR) is 85.7 cm³/mol. The fourth-order valence-corrected chi connectivity index (χ4v) is 2.50. The summed E-state index contributed by atoms with van der Waals surface area (Å²) in [6.07, 6.45) is 9.92. The van der Waals surface area contributed by atoms with Crippen LogP contribution >= 0.6 is 0 Å². The van der Waals surface area contributed by atoms with E-state index in [1.807, 2.05) is 0 Å². The maximum absolute atomic E-state index is 11.9. The van der Waals surface area contributed by atoms with E-state index >= 15 is 0 Å². The molecule has 1 fully saturated rings. The highest BCUT2D eigenvalue weighted by Crippen LogP contribution is 2.18. The van der Waals surface area contributed by atoms with Gasteiger partial charge in [-0.15, -0.1) is 0 Å². The van der Waals surface area contributed by atoms with Crippen LogP contribution < -0.4 is 0 Å². The molecule has 1 saturated heterocycles. The minimum atomic E-state index is -0.210. The molecule has 1 aliphatic rings. The van der Waals surface area contributed by atoms with Gasteiger partial charge in [-0.05, 0) is 32.1 Å². The number of urea groups is 2. The third-order valence-corrected chi connectivity index (χ3v) is 3.83. The van der Waals surface area contributed by atoms with Crippen LogP contribution in [-0.2, 0) is 9.53 Å². The van der Waals surface area contributed by atoms with Gasteiger partial charge in [-0.2, -0.15) is 5.26 Å². The van der Waals surface area contributed by atoms with E-state index < -0.39 is 0 Å². The number of hydrogen-bond donors (Lipinski definition) is 0. The highest BCUT2D eigenvalue weighted by atomic mass is 16.5. The maximum atomic E-state index is 11.9. The van der Waals surface area contributed by atoms with E-state index in [2.05, 4.69) is 9.73 Å². The number of unbranched alkanes of at least 4 members (excludes halogenated alkanes) is 6. The minimum Gasteiger partial charge on any atom is -0.428 e. The lowest BCUT2D eigenvalue weighted by Crippen LogP contribution is -2.64. The highest BCUT2D eigenvalue weighted by Gasteiger charge is 2.42. The first kappa shape index (κ1) is 19.7. The monoisotopic (exact) mass is 336 g/mol. The molecule has 0 spiro atoms. The van der Waals surface area contributed by atoms with Gasteiger partial charge in [-0.1, -0.05) is 19.3 Å². The summed E-state index contributed by atoms with van der Waals surface area (Å²) >= 11 is 0. The Labute approximate surface area is 142 Å². The van der Waals surface area contributed by atoms with Crippen LogP contribution in [0.3, 0.4) is 0 Å². The summed E-state index contributed by atoms with van der Waals surface area (Å²) < 4.78 is 4.57. The van der Waals surface area contributed by atoms with Crippen LogP contribution in [0, 0.1) is 11.5 Å². The van der Waals surface area contributed by atoms with Crippen molar-refractivity contribution in [3.63, 3.8) is 0 Å². The molecule has 1 heterocycles. The van der Waals surface area contributed by atoms with Crippen LogP contribution in [-0.4, -0.2) is 54.2 Å². The van der Waals surface area contributed by atoms with Crippen LogP contribution in [0.1, 0.15) is 51.4 Å². The topological polar surface area (TPSA) is 103 Å². The van der Waals surface area contributed by atoms with Crippen molar-refractivity contribution < 1.29 is 19.1 Å². The van der Waals surface area contributed by atoms with Crippen LogP contribution in [0.25, 0.3) is 0 Å². The number of carbonyl (C=O) groups excluding carboxylic acids is 3. The predicted octanol–water partition coefficient (Wildman–Crippen LogP) is 2.80. The van der Waals surface area contributed by atoms with Crippen molar-refractivity contribution in [2.45, 2.75) is 51.4 Å². The molecule has 0 aromatic heterocycles. The molecule has 0 radical (unpaired) electrons. The van der Waals surface area contributed by atoms with E-state index in [0.29, 0.717) is 26.2 Å². The molecule has 132 valence electrons. The number of carbonyl (C=O) groups is 2. The molecule has 0 atom stereocenters. The second-order valence-corrected chi connectivity index (χ2v) is 5.61. The molecular weight excluding hydrogens is 312 g/mol. The molecule has 0 unspecified atom stereocenters. The Hall–Kier alpha value is -2.39. The normalized spacial score (nSPS) is 13.3. The van der Waals surface area contributed by atoms with E-state index in [9.17, 15) is 14.4 Å². The van der Waals surface area contributed by atoms with Gasteiger partial charge in [0.15, 0.2) is 0 Å². The first-order valence-electron chi connectivity index (χ1n) is 8.40. The van der Waals surface area contributed by atoms with Gasteiger partial charge in [-0.3, -0.25) is 0 Å². The Morgan fingerprint density at radius 2 is 1.42 bits per heavy atom. The lowest BCUT2D eigenvalue weighted by molar-refractivity contribution is 0.103. The Balaban J connectivity index is 2.03. The van der Waals surface area contributed by atoms with Crippen LogP contribution in [0.4, 0.5) is 9.59 Å². The van der Waals surface area contributed by atoms with E-state index in [1.54, 1.807) is 6.26 Å². The number of nitrogens with zero attached hydrogens (tertiary/aromatic N) is 4. The average Bonchev–Trinajstić information content (AvgIpc) is 2.59. The van der Waals surface area contributed by atoms with Crippen LogP contribution in [0.2, 0.25) is 0 Å². The molecule has 4 amide bonds. The summed E-state index contributed by atoms with van der Waals surface area (Å²) in [7, 11) is 0. The molecule has 8 heteroatoms. The summed E-state index contributed by atoms with van der Waals surface area (Å²) in [6.45, 7) is 1.82. The quantitative estimate of drug-likeness (QED) is 0.210. The second kappa shape index (κ2) is 12.1. The molecule has 1 rings (SSSR count). The fraction of sp³-hybridized carbons (Fsp3) is 0.750. The number of hydrogen-bond acceptors (Lipinski definition) is 6. The van der Waals surface area contributed by atoms with Crippen molar-refractivity contribution in [2.75, 3.05) is 26.2 Å². The first-order chi connectivity index (χ1) is 11.7. The molecule has 0 aromatic carbocycles. The van der Waals surface area contributed by atoms with Crippen LogP contribution in [0.15, 0.2) is 4.99 Å². The number of isocyanates is 1. The average molecular weight is 336 g/mol. The number of rotatable bonds is 14. The van der Waals surface area contributed by atoms with Gasteiger partial charge in [0.2, 0.25) is 6.08 Å². The van der Waals surface area contributed by atoms with Crippen molar-refractivity contribution in [3.8, 4) is 6.26 Å². The molecule has 24 heavy (non-hydrogen) atoms. The first-order valence-corrected chi connectivity index (χ1v) is 8.40. The van der Waals surface area contributed by atoms with Gasteiger partial charge in [0.1, 0.15) is 6.61 Å². The minimum absolute atomic E-state index is 0.210. The SMILES string of the molecule is N#COCCCCCCN1C(=O)N(CCCCCCN=C=O)C1=O. The molecule has 0 aliphatic carbocycles. The van der Waals surface area contributed by atoms with Gasteiger partial charge >= 0.3 is 12.1 Å². The Morgan fingerprint density at radius 1 is 0.875 bits per heavy atom. The van der Waals surface area contributed by atoms with Crippen molar-refractivity contribution >= 4 is 18.1 Å². The van der Waals surface area contributed by atoms with Crippen molar-refractivity contribution in [2.24, 2.45) is 4.99 Å². The van der Waals surface area contributed by atoms with E-state index in [-0.39, 0.29) is 12.1 Å². The van der Waals surface area contributed by atoms with E-state index in [1.165, 1.54) is 15.9 Å². The smallest absolute Gasteiger partial charge is 0.336 e. The Bertz CT molecular complexity index is 481. The largest absolute Gasteiger partial charge is 0.428 e. The van der Waals surface area contributed by atoms with E-state index in [0.717, 1.165) is 51.4 Å². The molecule has 0 aromatic rings. The Morgan fingerprint density at radius 3 is 1.96 bits per heavy atom. The summed E-state index contributed by atoms with van der Waals surface area (Å²) in [4.78, 5) is 39.7. The molecule has 0 N–H and O–H groups in total. The standard InChI is InChI=1S/C16H24N4O4/c17-13-24-12-8-4-3-7-11-20-15(22)19(16(20)23)10-6-2-1-5-9-18-14-21/h1-12H2. The highest BCUT2D eigenvalue weighted by molar-refractivity contribution is 6.11. The lowest BCUT2D eigenvalue weighted by atomic mass is 10.1. The summed E-state index contributed by atoms with van der Waals surface area (Å²) in [5.41, 5.74) is 0.